The molecule has 21 heavy (non-hydrogen) atoms. The zero-order valence-electron chi connectivity index (χ0n) is 12.6. The van der Waals surface area contributed by atoms with Gasteiger partial charge in [-0.3, -0.25) is 0 Å². The Balaban J connectivity index is 2.07. The Bertz CT molecular complexity index is 467. The number of halogens is 1. The van der Waals surface area contributed by atoms with Gasteiger partial charge in [0, 0.05) is 10.7 Å². The molecular formula is C17H23BrO3. The van der Waals surface area contributed by atoms with Crippen molar-refractivity contribution in [2.45, 2.75) is 39.0 Å². The molecule has 0 atom stereocenters. The molecule has 0 bridgehead atoms. The Morgan fingerprint density at radius 3 is 2.62 bits per heavy atom. The molecule has 116 valence electrons. The number of carbonyl (C=O) groups excluding carboxylic acids is 1. The Labute approximate surface area is 135 Å². The minimum atomic E-state index is -0.315. The van der Waals surface area contributed by atoms with Crippen LogP contribution in [0.1, 0.15) is 49.4 Å². The highest BCUT2D eigenvalue weighted by Gasteiger charge is 2.32. The number of alkyl halides is 1. The summed E-state index contributed by atoms with van der Waals surface area (Å²) in [6, 6.07) is 7.33. The van der Waals surface area contributed by atoms with Gasteiger partial charge in [-0.1, -0.05) is 47.3 Å². The number of benzene rings is 1. The van der Waals surface area contributed by atoms with Crippen LogP contribution in [0.4, 0.5) is 0 Å². The SMILES string of the molecule is CCOC(=O)c1ccccc1OCC1(CBr)CCCCC1. The number of rotatable bonds is 6. The van der Waals surface area contributed by atoms with Gasteiger partial charge < -0.3 is 9.47 Å². The predicted octanol–water partition coefficient (Wildman–Crippen LogP) is 4.59. The first-order chi connectivity index (χ1) is 10.2. The lowest BCUT2D eigenvalue weighted by molar-refractivity contribution is 0.0516. The average Bonchev–Trinajstić information content (AvgIpc) is 2.54. The summed E-state index contributed by atoms with van der Waals surface area (Å²) >= 11 is 3.64. The zero-order valence-corrected chi connectivity index (χ0v) is 14.2. The minimum Gasteiger partial charge on any atom is -0.492 e. The molecule has 1 fully saturated rings. The standard InChI is InChI=1S/C17H23BrO3/c1-2-20-16(19)14-8-4-5-9-15(14)21-13-17(12-18)10-6-3-7-11-17/h4-5,8-9H,2-3,6-7,10-13H2,1H3. The van der Waals surface area contributed by atoms with Gasteiger partial charge in [0.2, 0.25) is 0 Å². The van der Waals surface area contributed by atoms with Crippen molar-refractivity contribution in [2.24, 2.45) is 5.41 Å². The van der Waals surface area contributed by atoms with E-state index in [0.29, 0.717) is 24.5 Å². The molecule has 1 aromatic rings. The van der Waals surface area contributed by atoms with E-state index in [9.17, 15) is 4.79 Å². The van der Waals surface area contributed by atoms with E-state index in [1.165, 1.54) is 32.1 Å². The van der Waals surface area contributed by atoms with Crippen LogP contribution in [0.2, 0.25) is 0 Å². The molecule has 3 nitrogen and oxygen atoms in total. The van der Waals surface area contributed by atoms with E-state index < -0.39 is 0 Å². The molecule has 4 heteroatoms. The van der Waals surface area contributed by atoms with Crippen molar-refractivity contribution >= 4 is 21.9 Å². The maximum absolute atomic E-state index is 12.0. The normalized spacial score (nSPS) is 17.2. The second-order valence-electron chi connectivity index (χ2n) is 5.70. The predicted molar refractivity (Wildman–Crippen MR) is 87.2 cm³/mol. The van der Waals surface area contributed by atoms with Gasteiger partial charge >= 0.3 is 5.97 Å². The van der Waals surface area contributed by atoms with Crippen LogP contribution in [0.15, 0.2) is 24.3 Å². The van der Waals surface area contributed by atoms with Crippen LogP contribution in [-0.4, -0.2) is 24.5 Å². The number of para-hydroxylation sites is 1. The molecule has 0 saturated heterocycles. The first kappa shape index (κ1) is 16.3. The minimum absolute atomic E-state index is 0.194. The highest BCUT2D eigenvalue weighted by Crippen LogP contribution is 2.38. The summed E-state index contributed by atoms with van der Waals surface area (Å²) < 4.78 is 11.1. The zero-order chi connectivity index (χ0) is 15.1. The second-order valence-corrected chi connectivity index (χ2v) is 6.26. The van der Waals surface area contributed by atoms with Gasteiger partial charge in [0.25, 0.3) is 0 Å². The number of ether oxygens (including phenoxy) is 2. The molecule has 0 unspecified atom stereocenters. The molecule has 0 spiro atoms. The fourth-order valence-corrected chi connectivity index (χ4v) is 3.54. The first-order valence-electron chi connectivity index (χ1n) is 7.66. The third-order valence-corrected chi connectivity index (χ3v) is 5.30. The summed E-state index contributed by atoms with van der Waals surface area (Å²) in [5.74, 6) is 0.312. The lowest BCUT2D eigenvalue weighted by Gasteiger charge is -2.35. The molecule has 0 heterocycles. The van der Waals surface area contributed by atoms with E-state index >= 15 is 0 Å². The summed E-state index contributed by atoms with van der Waals surface area (Å²) in [5.41, 5.74) is 0.708. The highest BCUT2D eigenvalue weighted by atomic mass is 79.9. The van der Waals surface area contributed by atoms with Crippen LogP contribution in [-0.2, 0) is 4.74 Å². The van der Waals surface area contributed by atoms with Crippen LogP contribution in [0, 0.1) is 5.41 Å². The summed E-state index contributed by atoms with van der Waals surface area (Å²) in [6.07, 6.45) is 6.19. The van der Waals surface area contributed by atoms with Crippen molar-refractivity contribution in [3.63, 3.8) is 0 Å². The molecule has 0 radical (unpaired) electrons. The molecule has 0 aliphatic heterocycles. The molecular weight excluding hydrogens is 332 g/mol. The smallest absolute Gasteiger partial charge is 0.341 e. The van der Waals surface area contributed by atoms with E-state index in [0.717, 1.165) is 5.33 Å². The van der Waals surface area contributed by atoms with Gasteiger partial charge in [-0.05, 0) is 31.9 Å². The van der Waals surface area contributed by atoms with Crippen molar-refractivity contribution in [1.82, 2.24) is 0 Å². The fourth-order valence-electron chi connectivity index (χ4n) is 2.82. The van der Waals surface area contributed by atoms with Crippen LogP contribution < -0.4 is 4.74 Å². The lowest BCUT2D eigenvalue weighted by Crippen LogP contribution is -2.33. The maximum Gasteiger partial charge on any atom is 0.341 e. The van der Waals surface area contributed by atoms with Gasteiger partial charge in [0.1, 0.15) is 11.3 Å². The second kappa shape index (κ2) is 7.83. The van der Waals surface area contributed by atoms with Crippen LogP contribution in [0.25, 0.3) is 0 Å². The molecule has 1 aromatic carbocycles. The first-order valence-corrected chi connectivity index (χ1v) is 8.78. The van der Waals surface area contributed by atoms with Crippen molar-refractivity contribution in [2.75, 3.05) is 18.5 Å². The van der Waals surface area contributed by atoms with Crippen molar-refractivity contribution in [1.29, 1.82) is 0 Å². The van der Waals surface area contributed by atoms with Crippen molar-refractivity contribution in [3.8, 4) is 5.75 Å². The summed E-state index contributed by atoms with van der Waals surface area (Å²) in [4.78, 5) is 12.0. The summed E-state index contributed by atoms with van der Waals surface area (Å²) in [5, 5.41) is 0.946. The quantitative estimate of drug-likeness (QED) is 0.553. The van der Waals surface area contributed by atoms with E-state index in [1.54, 1.807) is 6.07 Å². The van der Waals surface area contributed by atoms with Crippen LogP contribution >= 0.6 is 15.9 Å². The Hall–Kier alpha value is -1.03. The van der Waals surface area contributed by atoms with Gasteiger partial charge in [0.05, 0.1) is 13.2 Å². The van der Waals surface area contributed by atoms with E-state index in [-0.39, 0.29) is 11.4 Å². The Morgan fingerprint density at radius 2 is 1.95 bits per heavy atom. The average molecular weight is 355 g/mol. The Morgan fingerprint density at radius 1 is 1.24 bits per heavy atom. The molecule has 1 aliphatic carbocycles. The molecule has 1 saturated carbocycles. The molecule has 2 rings (SSSR count). The van der Waals surface area contributed by atoms with Gasteiger partial charge in [0.15, 0.2) is 0 Å². The summed E-state index contributed by atoms with van der Waals surface area (Å²) in [6.45, 7) is 2.83. The van der Waals surface area contributed by atoms with Crippen LogP contribution in [0.5, 0.6) is 5.75 Å². The number of hydrogen-bond acceptors (Lipinski definition) is 3. The number of esters is 1. The highest BCUT2D eigenvalue weighted by molar-refractivity contribution is 9.09. The van der Waals surface area contributed by atoms with Crippen molar-refractivity contribution in [3.05, 3.63) is 29.8 Å². The monoisotopic (exact) mass is 354 g/mol. The third-order valence-electron chi connectivity index (χ3n) is 4.11. The van der Waals surface area contributed by atoms with E-state index in [1.807, 2.05) is 25.1 Å². The molecule has 1 aliphatic rings. The number of hydrogen-bond donors (Lipinski definition) is 0. The van der Waals surface area contributed by atoms with E-state index in [2.05, 4.69) is 15.9 Å². The Kier molecular flexibility index (Phi) is 6.09. The lowest BCUT2D eigenvalue weighted by atomic mass is 9.76. The topological polar surface area (TPSA) is 35.5 Å². The van der Waals surface area contributed by atoms with Gasteiger partial charge in [-0.2, -0.15) is 0 Å². The van der Waals surface area contributed by atoms with Gasteiger partial charge in [-0.25, -0.2) is 4.79 Å². The molecule has 0 aromatic heterocycles. The van der Waals surface area contributed by atoms with Crippen LogP contribution in [0.3, 0.4) is 0 Å². The third kappa shape index (κ3) is 4.22. The van der Waals surface area contributed by atoms with Gasteiger partial charge in [-0.15, -0.1) is 0 Å². The fraction of sp³-hybridized carbons (Fsp3) is 0.588. The largest absolute Gasteiger partial charge is 0.492 e. The number of carbonyl (C=O) groups is 1. The summed E-state index contributed by atoms with van der Waals surface area (Å²) in [7, 11) is 0. The maximum atomic E-state index is 12.0. The molecule has 0 amide bonds. The van der Waals surface area contributed by atoms with E-state index in [4.69, 9.17) is 9.47 Å². The van der Waals surface area contributed by atoms with Crippen molar-refractivity contribution < 1.29 is 14.3 Å². The molecule has 0 N–H and O–H groups in total.